The molecule has 1 heterocycles. The van der Waals surface area contributed by atoms with Gasteiger partial charge in [-0.15, -0.1) is 0 Å². The summed E-state index contributed by atoms with van der Waals surface area (Å²) in [5.74, 6) is 2.35. The highest BCUT2D eigenvalue weighted by Crippen LogP contribution is 2.32. The first-order valence-electron chi connectivity index (χ1n) is 6.80. The Kier molecular flexibility index (Phi) is 3.73. The number of hydrogen-bond donors (Lipinski definition) is 0. The molecular formula is C18H17O3+. The second-order valence-electron chi connectivity index (χ2n) is 4.84. The lowest BCUT2D eigenvalue weighted by Crippen LogP contribution is -1.92. The molecule has 2 aromatic carbocycles. The monoisotopic (exact) mass is 281 g/mol. The van der Waals surface area contributed by atoms with Gasteiger partial charge in [-0.25, -0.2) is 4.42 Å². The summed E-state index contributed by atoms with van der Waals surface area (Å²) in [7, 11) is 3.27. The van der Waals surface area contributed by atoms with Crippen LogP contribution in [0, 0.1) is 0 Å². The lowest BCUT2D eigenvalue weighted by Gasteiger charge is -2.07. The van der Waals surface area contributed by atoms with Crippen LogP contribution in [0.15, 0.2) is 59.2 Å². The fraction of sp³-hybridized carbons (Fsp3) is 0.167. The van der Waals surface area contributed by atoms with Crippen LogP contribution in [0.1, 0.15) is 11.3 Å². The molecule has 0 saturated carbocycles. The van der Waals surface area contributed by atoms with E-state index >= 15 is 0 Å². The molecule has 3 rings (SSSR count). The van der Waals surface area contributed by atoms with Crippen molar-refractivity contribution in [1.29, 1.82) is 0 Å². The van der Waals surface area contributed by atoms with Gasteiger partial charge in [0.1, 0.15) is 0 Å². The molecule has 106 valence electrons. The molecule has 0 saturated heterocycles. The van der Waals surface area contributed by atoms with E-state index in [1.165, 1.54) is 5.56 Å². The number of hydrogen-bond acceptors (Lipinski definition) is 2. The zero-order valence-corrected chi connectivity index (χ0v) is 12.1. The molecule has 0 aliphatic rings. The molecule has 0 N–H and O–H groups in total. The fourth-order valence-electron chi connectivity index (χ4n) is 2.37. The smallest absolute Gasteiger partial charge is 0.334 e. The highest BCUT2D eigenvalue weighted by Gasteiger charge is 2.14. The van der Waals surface area contributed by atoms with Gasteiger partial charge in [-0.3, -0.25) is 0 Å². The van der Waals surface area contributed by atoms with Crippen LogP contribution in [0.25, 0.3) is 10.8 Å². The second-order valence-corrected chi connectivity index (χ2v) is 4.84. The van der Waals surface area contributed by atoms with Gasteiger partial charge in [0.05, 0.1) is 26.0 Å². The van der Waals surface area contributed by atoms with Crippen molar-refractivity contribution in [1.82, 2.24) is 0 Å². The van der Waals surface area contributed by atoms with Crippen LogP contribution in [-0.2, 0) is 6.42 Å². The normalized spacial score (nSPS) is 10.6. The van der Waals surface area contributed by atoms with Crippen molar-refractivity contribution in [3.05, 3.63) is 66.1 Å². The molecule has 0 aliphatic carbocycles. The van der Waals surface area contributed by atoms with E-state index in [1.807, 2.05) is 36.4 Å². The van der Waals surface area contributed by atoms with Gasteiger partial charge in [0.15, 0.2) is 11.5 Å². The zero-order valence-electron chi connectivity index (χ0n) is 12.1. The molecule has 0 spiro atoms. The predicted octanol–water partition coefficient (Wildman–Crippen LogP) is 4.32. The summed E-state index contributed by atoms with van der Waals surface area (Å²) in [4.78, 5) is 0. The molecule has 3 aromatic rings. The maximum absolute atomic E-state index is 5.72. The number of rotatable bonds is 4. The molecule has 0 aliphatic heterocycles. The highest BCUT2D eigenvalue weighted by atomic mass is 16.5. The van der Waals surface area contributed by atoms with Crippen LogP contribution in [0.3, 0.4) is 0 Å². The van der Waals surface area contributed by atoms with Crippen molar-refractivity contribution in [3.63, 3.8) is 0 Å². The van der Waals surface area contributed by atoms with Crippen LogP contribution in [0.2, 0.25) is 0 Å². The first-order chi connectivity index (χ1) is 10.3. The molecule has 0 bridgehead atoms. The lowest BCUT2D eigenvalue weighted by molar-refractivity contribution is 0.355. The fourth-order valence-corrected chi connectivity index (χ4v) is 2.37. The van der Waals surface area contributed by atoms with Gasteiger partial charge in [0.25, 0.3) is 0 Å². The van der Waals surface area contributed by atoms with Crippen molar-refractivity contribution in [2.45, 2.75) is 6.42 Å². The van der Waals surface area contributed by atoms with Crippen LogP contribution in [-0.4, -0.2) is 14.2 Å². The van der Waals surface area contributed by atoms with Gasteiger partial charge in [0.2, 0.25) is 0 Å². The molecule has 0 unspecified atom stereocenters. The van der Waals surface area contributed by atoms with E-state index in [4.69, 9.17) is 13.9 Å². The summed E-state index contributed by atoms with van der Waals surface area (Å²) in [6.45, 7) is 0. The Balaban J connectivity index is 1.99. The standard InChI is InChI=1S/C18H17O3/c1-19-17-10-14-9-16(8-13-6-4-3-5-7-13)21-12-15(14)11-18(17)20-2/h3-7,9-12H,8H2,1-2H3/q+1. The first kappa shape index (κ1) is 13.4. The Hall–Kier alpha value is -2.55. The molecule has 0 fully saturated rings. The molecule has 0 atom stereocenters. The number of ether oxygens (including phenoxy) is 2. The highest BCUT2D eigenvalue weighted by molar-refractivity contribution is 5.85. The summed E-state index contributed by atoms with van der Waals surface area (Å²) in [5.41, 5.74) is 1.22. The van der Waals surface area contributed by atoms with E-state index in [-0.39, 0.29) is 0 Å². The van der Waals surface area contributed by atoms with Crippen molar-refractivity contribution < 1.29 is 13.9 Å². The van der Waals surface area contributed by atoms with E-state index in [1.54, 1.807) is 20.5 Å². The third kappa shape index (κ3) is 2.82. The Labute approximate surface area is 123 Å². The van der Waals surface area contributed by atoms with E-state index in [2.05, 4.69) is 12.1 Å². The number of methoxy groups -OCH3 is 2. The molecule has 0 amide bonds. The summed E-state index contributed by atoms with van der Waals surface area (Å²) in [6.07, 6.45) is 2.53. The molecule has 3 heteroatoms. The van der Waals surface area contributed by atoms with E-state index in [9.17, 15) is 0 Å². The molecular weight excluding hydrogens is 264 g/mol. The molecule has 1 aromatic heterocycles. The van der Waals surface area contributed by atoms with Crippen LogP contribution in [0.4, 0.5) is 0 Å². The summed E-state index contributed by atoms with van der Waals surface area (Å²) in [5, 5.41) is 2.06. The lowest BCUT2D eigenvalue weighted by atomic mass is 10.1. The average molecular weight is 281 g/mol. The minimum absolute atomic E-state index is 0.705. The van der Waals surface area contributed by atoms with Crippen LogP contribution < -0.4 is 9.47 Å². The van der Waals surface area contributed by atoms with Crippen molar-refractivity contribution >= 4 is 10.8 Å². The summed E-state index contributed by atoms with van der Waals surface area (Å²) >= 11 is 0. The maximum atomic E-state index is 5.72. The Morgan fingerprint density at radius 2 is 1.52 bits per heavy atom. The first-order valence-corrected chi connectivity index (χ1v) is 6.80. The topological polar surface area (TPSA) is 29.8 Å². The van der Waals surface area contributed by atoms with Gasteiger partial charge in [0, 0.05) is 17.5 Å². The third-order valence-electron chi connectivity index (χ3n) is 3.46. The van der Waals surface area contributed by atoms with Crippen molar-refractivity contribution in [3.8, 4) is 11.5 Å². The SMILES string of the molecule is COc1cc2c[o+]c(Cc3ccccc3)cc2cc1OC. The summed E-state index contributed by atoms with van der Waals surface area (Å²) in [6, 6.07) is 16.2. The molecule has 3 nitrogen and oxygen atoms in total. The predicted molar refractivity (Wildman–Crippen MR) is 83.0 cm³/mol. The number of benzene rings is 2. The van der Waals surface area contributed by atoms with Gasteiger partial charge in [-0.1, -0.05) is 30.3 Å². The van der Waals surface area contributed by atoms with E-state index < -0.39 is 0 Å². The van der Waals surface area contributed by atoms with Gasteiger partial charge in [-0.2, -0.15) is 0 Å². The van der Waals surface area contributed by atoms with Gasteiger partial charge >= 0.3 is 12.0 Å². The Morgan fingerprint density at radius 1 is 0.857 bits per heavy atom. The second kappa shape index (κ2) is 5.83. The number of fused-ring (bicyclic) bond motifs is 1. The van der Waals surface area contributed by atoms with E-state index in [0.717, 1.165) is 28.7 Å². The van der Waals surface area contributed by atoms with Gasteiger partial charge in [-0.05, 0) is 11.6 Å². The summed E-state index contributed by atoms with van der Waals surface area (Å²) < 4.78 is 16.4. The van der Waals surface area contributed by atoms with Crippen LogP contribution in [0.5, 0.6) is 11.5 Å². The third-order valence-corrected chi connectivity index (χ3v) is 3.46. The Bertz CT molecular complexity index is 751. The van der Waals surface area contributed by atoms with Gasteiger partial charge < -0.3 is 9.47 Å². The zero-order chi connectivity index (χ0) is 14.7. The minimum atomic E-state index is 0.705. The molecule has 21 heavy (non-hydrogen) atoms. The molecule has 0 radical (unpaired) electrons. The minimum Gasteiger partial charge on any atom is -0.493 e. The maximum Gasteiger partial charge on any atom is 0.334 e. The quantitative estimate of drug-likeness (QED) is 0.667. The van der Waals surface area contributed by atoms with Crippen molar-refractivity contribution in [2.75, 3.05) is 14.2 Å². The average Bonchev–Trinajstić information content (AvgIpc) is 2.54. The Morgan fingerprint density at radius 3 is 2.19 bits per heavy atom. The van der Waals surface area contributed by atoms with Crippen molar-refractivity contribution in [2.24, 2.45) is 0 Å². The van der Waals surface area contributed by atoms with E-state index in [0.29, 0.717) is 5.75 Å². The largest absolute Gasteiger partial charge is 0.493 e. The van der Waals surface area contributed by atoms with Crippen LogP contribution >= 0.6 is 0 Å².